The van der Waals surface area contributed by atoms with Crippen molar-refractivity contribution in [3.05, 3.63) is 0 Å². The van der Waals surface area contributed by atoms with Crippen LogP contribution in [-0.4, -0.2) is 44.5 Å². The maximum atomic E-state index is 12.4. The monoisotopic (exact) mass is 299 g/mol. The number of quaternary nitrogens is 1. The molecule has 2 aliphatic rings. The number of carbonyl (C=O) groups is 1. The second-order valence-corrected chi connectivity index (χ2v) is 8.53. The first kappa shape index (κ1) is 16.6. The van der Waals surface area contributed by atoms with Crippen LogP contribution in [0.2, 0.25) is 0 Å². The molecule has 0 radical (unpaired) electrons. The lowest BCUT2D eigenvalue weighted by Gasteiger charge is -2.48. The molecule has 0 unspecified atom stereocenters. The van der Waals surface area contributed by atoms with Gasteiger partial charge in [0.25, 0.3) is 0 Å². The van der Waals surface area contributed by atoms with Gasteiger partial charge < -0.3 is 15.2 Å². The highest BCUT2D eigenvalue weighted by atomic mass is 16.6. The Kier molecular flexibility index (Phi) is 3.62. The van der Waals surface area contributed by atoms with Crippen molar-refractivity contribution in [2.24, 2.45) is 0 Å². The molecule has 2 saturated heterocycles. The van der Waals surface area contributed by atoms with Crippen molar-refractivity contribution < 1.29 is 20.0 Å². The van der Waals surface area contributed by atoms with Gasteiger partial charge in [0.1, 0.15) is 0 Å². The Balaban J connectivity index is 2.35. The van der Waals surface area contributed by atoms with Crippen LogP contribution in [-0.2, 0) is 4.74 Å². The summed E-state index contributed by atoms with van der Waals surface area (Å²) in [6.45, 7) is 14.2. The van der Waals surface area contributed by atoms with E-state index in [1.807, 2.05) is 13.8 Å². The molecule has 1 amide bonds. The van der Waals surface area contributed by atoms with Crippen molar-refractivity contribution >= 4 is 6.09 Å². The van der Waals surface area contributed by atoms with Crippen LogP contribution in [0.5, 0.6) is 0 Å². The third kappa shape index (κ3) is 2.66. The molecule has 5 heteroatoms. The van der Waals surface area contributed by atoms with Gasteiger partial charge in [-0.2, -0.15) is 0 Å². The smallest absolute Gasteiger partial charge is 0.413 e. The molecule has 0 aliphatic carbocycles. The number of nitrogens with zero attached hydrogens (tertiary/aromatic N) is 1. The summed E-state index contributed by atoms with van der Waals surface area (Å²) >= 11 is 0. The first-order valence-electron chi connectivity index (χ1n) is 7.95. The molecule has 0 spiro atoms. The van der Waals surface area contributed by atoms with Crippen LogP contribution in [0.25, 0.3) is 0 Å². The number of nitrogens with two attached hydrogens (primary N) is 1. The number of hydrogen-bond donors (Lipinski definition) is 2. The van der Waals surface area contributed by atoms with Gasteiger partial charge in [-0.3, -0.25) is 4.90 Å². The topological polar surface area (TPSA) is 66.4 Å². The lowest BCUT2D eigenvalue weighted by atomic mass is 9.77. The molecule has 3 N–H and O–H groups in total. The van der Waals surface area contributed by atoms with Gasteiger partial charge in [0.2, 0.25) is 0 Å². The highest BCUT2D eigenvalue weighted by molar-refractivity contribution is 5.72. The number of rotatable bonds is 2. The second kappa shape index (κ2) is 4.59. The predicted octanol–water partition coefficient (Wildman–Crippen LogP) is 1.60. The maximum absolute atomic E-state index is 12.4. The fraction of sp³-hybridized carbons (Fsp3) is 0.938. The summed E-state index contributed by atoms with van der Waals surface area (Å²) < 4.78 is 5.54. The van der Waals surface area contributed by atoms with Crippen LogP contribution >= 0.6 is 0 Å². The number of hydrogen-bond acceptors (Lipinski definition) is 3. The van der Waals surface area contributed by atoms with Gasteiger partial charge in [0.15, 0.2) is 11.3 Å². The number of cyclic esters (lactones) is 1. The summed E-state index contributed by atoms with van der Waals surface area (Å²) in [5.41, 5.74) is -2.05. The maximum Gasteiger partial charge on any atom is 0.413 e. The first-order chi connectivity index (χ1) is 9.34. The average molecular weight is 299 g/mol. The molecule has 122 valence electrons. The predicted molar refractivity (Wildman–Crippen MR) is 80.7 cm³/mol. The third-order valence-electron chi connectivity index (χ3n) is 5.32. The minimum absolute atomic E-state index is 0.00382. The Bertz CT molecular complexity index is 429. The highest BCUT2D eigenvalue weighted by Gasteiger charge is 2.62. The lowest BCUT2D eigenvalue weighted by Crippen LogP contribution is -3.06. The quantitative estimate of drug-likeness (QED) is 0.814. The van der Waals surface area contributed by atoms with Crippen LogP contribution in [0.1, 0.15) is 67.7 Å². The van der Waals surface area contributed by atoms with E-state index in [9.17, 15) is 9.90 Å². The number of amides is 1. The summed E-state index contributed by atoms with van der Waals surface area (Å²) in [7, 11) is 0. The van der Waals surface area contributed by atoms with E-state index < -0.39 is 11.3 Å². The van der Waals surface area contributed by atoms with Crippen molar-refractivity contribution in [3.63, 3.8) is 0 Å². The Morgan fingerprint density at radius 1 is 1.19 bits per heavy atom. The van der Waals surface area contributed by atoms with Gasteiger partial charge in [-0.1, -0.05) is 6.92 Å². The van der Waals surface area contributed by atoms with E-state index in [1.165, 1.54) is 0 Å². The standard InChI is InChI=1S/C16H30N2O3/c1-8-15(6)16(7,20)18(12(19)21-15)11-9-13(2,3)17-14(4,5)10-11/h11,17,20H,8-10H2,1-7H3/p+1/t15-,16+/m1/s1. The van der Waals surface area contributed by atoms with Crippen LogP contribution in [0.15, 0.2) is 0 Å². The summed E-state index contributed by atoms with van der Waals surface area (Å²) in [6, 6.07) is -0.00382. The number of aliphatic hydroxyl groups is 1. The van der Waals surface area contributed by atoms with E-state index in [0.29, 0.717) is 6.42 Å². The van der Waals surface area contributed by atoms with E-state index in [-0.39, 0.29) is 23.2 Å². The molecule has 0 aromatic heterocycles. The zero-order chi connectivity index (χ0) is 16.3. The minimum Gasteiger partial charge on any atom is -0.438 e. The highest BCUT2D eigenvalue weighted by Crippen LogP contribution is 2.43. The van der Waals surface area contributed by atoms with Crippen LogP contribution in [0.4, 0.5) is 4.79 Å². The van der Waals surface area contributed by atoms with Crippen molar-refractivity contribution in [1.82, 2.24) is 4.90 Å². The van der Waals surface area contributed by atoms with Gasteiger partial charge in [0.05, 0.1) is 11.1 Å². The second-order valence-electron chi connectivity index (χ2n) is 8.53. The first-order valence-corrected chi connectivity index (χ1v) is 7.95. The summed E-state index contributed by atoms with van der Waals surface area (Å²) in [4.78, 5) is 14.0. The Morgan fingerprint density at radius 3 is 2.05 bits per heavy atom. The van der Waals surface area contributed by atoms with E-state index in [2.05, 4.69) is 33.0 Å². The van der Waals surface area contributed by atoms with Gasteiger partial charge in [0, 0.05) is 18.9 Å². The molecule has 2 rings (SSSR count). The fourth-order valence-electron chi connectivity index (χ4n) is 4.33. The molecular weight excluding hydrogens is 268 g/mol. The lowest BCUT2D eigenvalue weighted by molar-refractivity contribution is -0.788. The molecule has 5 nitrogen and oxygen atoms in total. The number of carbonyl (C=O) groups excluding carboxylic acids is 1. The van der Waals surface area contributed by atoms with Crippen molar-refractivity contribution in [2.45, 2.75) is 96.2 Å². The van der Waals surface area contributed by atoms with Gasteiger partial charge >= 0.3 is 6.09 Å². The minimum atomic E-state index is -1.27. The zero-order valence-electron chi connectivity index (χ0n) is 14.5. The molecule has 2 fully saturated rings. The van der Waals surface area contributed by atoms with E-state index in [1.54, 1.807) is 11.8 Å². The van der Waals surface area contributed by atoms with Crippen LogP contribution in [0.3, 0.4) is 0 Å². The van der Waals surface area contributed by atoms with E-state index in [4.69, 9.17) is 4.74 Å². The third-order valence-corrected chi connectivity index (χ3v) is 5.32. The summed E-state index contributed by atoms with van der Waals surface area (Å²) in [6.07, 6.45) is 1.90. The summed E-state index contributed by atoms with van der Waals surface area (Å²) in [5, 5.41) is 13.4. The van der Waals surface area contributed by atoms with E-state index in [0.717, 1.165) is 12.8 Å². The molecule has 21 heavy (non-hydrogen) atoms. The SMILES string of the molecule is CC[C@@]1(C)OC(=O)N(C2CC(C)(C)[NH2+]C(C)(C)C2)[C@@]1(C)O. The van der Waals surface area contributed by atoms with Gasteiger partial charge in [-0.05, 0) is 48.0 Å². The Morgan fingerprint density at radius 2 is 1.67 bits per heavy atom. The van der Waals surface area contributed by atoms with E-state index >= 15 is 0 Å². The van der Waals surface area contributed by atoms with Gasteiger partial charge in [-0.25, -0.2) is 4.79 Å². The molecule has 0 bridgehead atoms. The number of piperidine rings is 1. The van der Waals surface area contributed by atoms with Crippen LogP contribution < -0.4 is 5.32 Å². The largest absolute Gasteiger partial charge is 0.438 e. The molecule has 0 aromatic carbocycles. The fourth-order valence-corrected chi connectivity index (χ4v) is 4.33. The summed E-state index contributed by atoms with van der Waals surface area (Å²) in [5.74, 6) is 0. The molecule has 2 aliphatic heterocycles. The molecular formula is C16H31N2O3+. The zero-order valence-corrected chi connectivity index (χ0v) is 14.5. The molecule has 2 atom stereocenters. The van der Waals surface area contributed by atoms with Crippen molar-refractivity contribution in [3.8, 4) is 0 Å². The Labute approximate surface area is 128 Å². The van der Waals surface area contributed by atoms with Crippen LogP contribution in [0, 0.1) is 0 Å². The van der Waals surface area contributed by atoms with Gasteiger partial charge in [-0.15, -0.1) is 0 Å². The average Bonchev–Trinajstić information content (AvgIpc) is 2.40. The Hall–Kier alpha value is -0.810. The van der Waals surface area contributed by atoms with Crippen molar-refractivity contribution in [1.29, 1.82) is 0 Å². The molecule has 2 heterocycles. The molecule has 0 saturated carbocycles. The molecule has 0 aromatic rings. The number of ether oxygens (including phenoxy) is 1. The van der Waals surface area contributed by atoms with Crippen molar-refractivity contribution in [2.75, 3.05) is 0 Å². The normalized spacial score (nSPS) is 39.4.